The highest BCUT2D eigenvalue weighted by Crippen LogP contribution is 2.26. The molecule has 0 saturated heterocycles. The van der Waals surface area contributed by atoms with E-state index in [-0.39, 0.29) is 16.5 Å². The first kappa shape index (κ1) is 11.5. The third kappa shape index (κ3) is 2.39. The van der Waals surface area contributed by atoms with Gasteiger partial charge in [-0.2, -0.15) is 0 Å². The average molecular weight is 253 g/mol. The quantitative estimate of drug-likeness (QED) is 0.861. The fourth-order valence-electron chi connectivity index (χ4n) is 1.30. The normalized spacial score (nSPS) is 10.2. The average Bonchev–Trinajstić information content (AvgIpc) is 2.70. The van der Waals surface area contributed by atoms with Crippen molar-refractivity contribution in [3.05, 3.63) is 41.1 Å². The summed E-state index contributed by atoms with van der Waals surface area (Å²) in [4.78, 5) is 15.5. The summed E-state index contributed by atoms with van der Waals surface area (Å²) in [5.74, 6) is -0.389. The van der Waals surface area contributed by atoms with Gasteiger partial charge in [0.15, 0.2) is 6.39 Å². The van der Waals surface area contributed by atoms with Crippen LogP contribution < -0.4 is 5.32 Å². The van der Waals surface area contributed by atoms with E-state index in [9.17, 15) is 9.90 Å². The highest BCUT2D eigenvalue weighted by atomic mass is 35.5. The van der Waals surface area contributed by atoms with Gasteiger partial charge in [-0.05, 0) is 19.1 Å². The number of hydrogen-bond donors (Lipinski definition) is 2. The maximum atomic E-state index is 11.7. The first-order chi connectivity index (χ1) is 8.08. The van der Waals surface area contributed by atoms with Gasteiger partial charge in [0.05, 0.1) is 10.7 Å². The summed E-state index contributed by atoms with van der Waals surface area (Å²) in [5, 5.41) is 12.2. The lowest BCUT2D eigenvalue weighted by molar-refractivity contribution is 0.0996. The Bertz CT molecular complexity index is 566. The van der Waals surface area contributed by atoms with Crippen LogP contribution in [0.4, 0.5) is 5.69 Å². The van der Waals surface area contributed by atoms with Crippen molar-refractivity contribution in [2.45, 2.75) is 6.92 Å². The van der Waals surface area contributed by atoms with Crippen LogP contribution in [0, 0.1) is 6.92 Å². The second-order valence-electron chi connectivity index (χ2n) is 3.39. The molecule has 0 bridgehead atoms. The van der Waals surface area contributed by atoms with Gasteiger partial charge in [0.25, 0.3) is 5.91 Å². The van der Waals surface area contributed by atoms with Crippen molar-refractivity contribution in [3.63, 3.8) is 0 Å². The molecule has 0 aliphatic rings. The second-order valence-corrected chi connectivity index (χ2v) is 3.79. The SMILES string of the molecule is Cc1ncoc1C(=O)Nc1ccc(Cl)c(O)c1. The molecule has 0 aliphatic carbocycles. The third-order valence-electron chi connectivity index (χ3n) is 2.16. The second kappa shape index (κ2) is 4.47. The number of hydrogen-bond acceptors (Lipinski definition) is 4. The van der Waals surface area contributed by atoms with Gasteiger partial charge in [0.1, 0.15) is 5.75 Å². The van der Waals surface area contributed by atoms with E-state index in [1.54, 1.807) is 13.0 Å². The maximum absolute atomic E-state index is 11.7. The molecular formula is C11H9ClN2O3. The summed E-state index contributed by atoms with van der Waals surface area (Å²) in [6, 6.07) is 4.41. The molecule has 1 aromatic heterocycles. The number of halogens is 1. The number of aryl methyl sites for hydroxylation is 1. The Morgan fingerprint density at radius 2 is 2.29 bits per heavy atom. The zero-order valence-electron chi connectivity index (χ0n) is 8.90. The number of aromatic nitrogens is 1. The van der Waals surface area contributed by atoms with E-state index in [1.807, 2.05) is 0 Å². The van der Waals surface area contributed by atoms with Gasteiger partial charge < -0.3 is 14.8 Å². The number of nitrogens with one attached hydrogen (secondary N) is 1. The first-order valence-electron chi connectivity index (χ1n) is 4.78. The van der Waals surface area contributed by atoms with Gasteiger partial charge in [0, 0.05) is 11.8 Å². The van der Waals surface area contributed by atoms with Crippen LogP contribution in [0.5, 0.6) is 5.75 Å². The molecule has 1 heterocycles. The van der Waals surface area contributed by atoms with Gasteiger partial charge in [-0.25, -0.2) is 4.98 Å². The Labute approximate surface area is 102 Å². The lowest BCUT2D eigenvalue weighted by Gasteiger charge is -2.04. The molecule has 2 rings (SSSR count). The molecule has 5 nitrogen and oxygen atoms in total. The number of anilines is 1. The maximum Gasteiger partial charge on any atom is 0.293 e. The number of phenols is 1. The predicted molar refractivity (Wildman–Crippen MR) is 62.3 cm³/mol. The smallest absolute Gasteiger partial charge is 0.293 e. The minimum Gasteiger partial charge on any atom is -0.506 e. The Morgan fingerprint density at radius 3 is 2.88 bits per heavy atom. The molecule has 1 aromatic carbocycles. The number of oxazole rings is 1. The van der Waals surface area contributed by atoms with Crippen LogP contribution in [0.1, 0.15) is 16.2 Å². The largest absolute Gasteiger partial charge is 0.506 e. The Balaban J connectivity index is 2.19. The Morgan fingerprint density at radius 1 is 1.53 bits per heavy atom. The third-order valence-corrected chi connectivity index (χ3v) is 2.48. The Hall–Kier alpha value is -2.01. The van der Waals surface area contributed by atoms with Crippen LogP contribution in [-0.2, 0) is 0 Å². The summed E-state index contributed by atoms with van der Waals surface area (Å²) < 4.78 is 4.94. The first-order valence-corrected chi connectivity index (χ1v) is 5.15. The van der Waals surface area contributed by atoms with E-state index in [0.717, 1.165) is 0 Å². The van der Waals surface area contributed by atoms with Gasteiger partial charge in [-0.15, -0.1) is 0 Å². The van der Waals surface area contributed by atoms with E-state index in [2.05, 4.69) is 10.3 Å². The van der Waals surface area contributed by atoms with Crippen LogP contribution in [-0.4, -0.2) is 16.0 Å². The zero-order valence-corrected chi connectivity index (χ0v) is 9.65. The number of phenolic OH excluding ortho intramolecular Hbond substituents is 1. The topological polar surface area (TPSA) is 75.4 Å². The number of aromatic hydroxyl groups is 1. The summed E-state index contributed by atoms with van der Waals surface area (Å²) in [7, 11) is 0. The molecular weight excluding hydrogens is 244 g/mol. The van der Waals surface area contributed by atoms with Gasteiger partial charge in [-0.3, -0.25) is 4.79 Å². The number of benzene rings is 1. The van der Waals surface area contributed by atoms with Crippen molar-refractivity contribution < 1.29 is 14.3 Å². The molecule has 0 spiro atoms. The zero-order chi connectivity index (χ0) is 12.4. The van der Waals surface area contributed by atoms with E-state index in [0.29, 0.717) is 11.4 Å². The standard InChI is InChI=1S/C11H9ClN2O3/c1-6-10(17-5-13-6)11(16)14-7-2-3-8(12)9(15)4-7/h2-5,15H,1H3,(H,14,16). The molecule has 0 atom stereocenters. The van der Waals surface area contributed by atoms with Gasteiger partial charge >= 0.3 is 0 Å². The molecule has 0 radical (unpaired) electrons. The van der Waals surface area contributed by atoms with Crippen molar-refractivity contribution in [1.82, 2.24) is 4.98 Å². The molecule has 17 heavy (non-hydrogen) atoms. The highest BCUT2D eigenvalue weighted by molar-refractivity contribution is 6.32. The molecule has 0 aliphatic heterocycles. The monoisotopic (exact) mass is 252 g/mol. The molecule has 6 heteroatoms. The van der Waals surface area contributed by atoms with Crippen LogP contribution in [0.25, 0.3) is 0 Å². The molecule has 1 amide bonds. The van der Waals surface area contributed by atoms with E-state index in [1.165, 1.54) is 18.5 Å². The van der Waals surface area contributed by atoms with Gasteiger partial charge in [-0.1, -0.05) is 11.6 Å². The molecule has 88 valence electrons. The summed E-state index contributed by atoms with van der Waals surface area (Å²) in [5.41, 5.74) is 0.924. The van der Waals surface area contributed by atoms with Crippen molar-refractivity contribution in [1.29, 1.82) is 0 Å². The van der Waals surface area contributed by atoms with Crippen molar-refractivity contribution in [2.75, 3.05) is 5.32 Å². The van der Waals surface area contributed by atoms with Crippen LogP contribution in [0.15, 0.2) is 29.0 Å². The predicted octanol–water partition coefficient (Wildman–Crippen LogP) is 2.59. The lowest BCUT2D eigenvalue weighted by Crippen LogP contribution is -2.12. The summed E-state index contributed by atoms with van der Waals surface area (Å²) in [6.45, 7) is 1.66. The summed E-state index contributed by atoms with van der Waals surface area (Å²) >= 11 is 5.65. The van der Waals surface area contributed by atoms with Gasteiger partial charge in [0.2, 0.25) is 5.76 Å². The molecule has 0 fully saturated rings. The fourth-order valence-corrected chi connectivity index (χ4v) is 1.42. The number of amides is 1. The minimum atomic E-state index is -0.429. The molecule has 0 saturated carbocycles. The van der Waals surface area contributed by atoms with Crippen LogP contribution in [0.3, 0.4) is 0 Å². The number of rotatable bonds is 2. The van der Waals surface area contributed by atoms with E-state index >= 15 is 0 Å². The molecule has 2 aromatic rings. The van der Waals surface area contributed by atoms with Crippen molar-refractivity contribution in [2.24, 2.45) is 0 Å². The lowest BCUT2D eigenvalue weighted by atomic mass is 10.3. The Kier molecular flexibility index (Phi) is 3.01. The highest BCUT2D eigenvalue weighted by Gasteiger charge is 2.14. The number of carbonyl (C=O) groups is 1. The van der Waals surface area contributed by atoms with E-state index in [4.69, 9.17) is 16.0 Å². The number of nitrogens with zero attached hydrogens (tertiary/aromatic N) is 1. The number of carbonyl (C=O) groups excluding carboxylic acids is 1. The minimum absolute atomic E-state index is 0.0984. The van der Waals surface area contributed by atoms with Crippen molar-refractivity contribution in [3.8, 4) is 5.75 Å². The summed E-state index contributed by atoms with van der Waals surface area (Å²) in [6.07, 6.45) is 1.20. The van der Waals surface area contributed by atoms with Crippen LogP contribution >= 0.6 is 11.6 Å². The molecule has 2 N–H and O–H groups in total. The fraction of sp³-hybridized carbons (Fsp3) is 0.0909. The van der Waals surface area contributed by atoms with E-state index < -0.39 is 5.91 Å². The van der Waals surface area contributed by atoms with Crippen LogP contribution in [0.2, 0.25) is 5.02 Å². The molecule has 0 unspecified atom stereocenters. The van der Waals surface area contributed by atoms with Crippen molar-refractivity contribution >= 4 is 23.2 Å².